The van der Waals surface area contributed by atoms with Gasteiger partial charge in [0.1, 0.15) is 11.2 Å². The van der Waals surface area contributed by atoms with E-state index in [2.05, 4.69) is 94.4 Å². The third kappa shape index (κ3) is 3.18. The summed E-state index contributed by atoms with van der Waals surface area (Å²) in [6.45, 7) is 9.10. The number of fused-ring (bicyclic) bond motifs is 5. The molecule has 0 atom stereocenters. The minimum atomic E-state index is -0.0248. The molecular weight excluding hydrogens is 509 g/mol. The van der Waals surface area contributed by atoms with Gasteiger partial charge in [-0.1, -0.05) is 93.8 Å². The highest BCUT2D eigenvalue weighted by molar-refractivity contribution is 8.14. The summed E-state index contributed by atoms with van der Waals surface area (Å²) < 4.78 is 6.42. The van der Waals surface area contributed by atoms with E-state index in [1.54, 1.807) is 0 Å². The normalized spacial score (nSPS) is 14.3. The third-order valence-electron chi connectivity index (χ3n) is 8.71. The Morgan fingerprint density at radius 1 is 0.750 bits per heavy atom. The minimum absolute atomic E-state index is 0.0248. The van der Waals surface area contributed by atoms with Crippen LogP contribution in [0.4, 0.5) is 16.2 Å². The standard InChI is InChI=1S/C35H28BNO2S/c1-19(2)22-11-8-12-23(20(3)4)33(22)36-26-16-15-21-9-7-14-31-32(21)34(26)37(35(38)40-31)28-17-25-24-10-5-6-13-29(24)39-30(25)18-27(28)36/h5-20H,1-4H3. The van der Waals surface area contributed by atoms with E-state index >= 15 is 0 Å². The minimum Gasteiger partial charge on any atom is -0.456 e. The maximum atomic E-state index is 14.0. The molecule has 194 valence electrons. The predicted molar refractivity (Wildman–Crippen MR) is 170 cm³/mol. The number of anilines is 2. The lowest BCUT2D eigenvalue weighted by Crippen LogP contribution is -2.60. The van der Waals surface area contributed by atoms with E-state index in [1.165, 1.54) is 44.6 Å². The molecule has 0 saturated carbocycles. The Morgan fingerprint density at radius 3 is 2.27 bits per heavy atom. The van der Waals surface area contributed by atoms with Crippen molar-refractivity contribution in [1.82, 2.24) is 0 Å². The van der Waals surface area contributed by atoms with Crippen LogP contribution in [0.15, 0.2) is 94.2 Å². The largest absolute Gasteiger partial charge is 0.456 e. The number of amides is 1. The fraction of sp³-hybridized carbons (Fsp3) is 0.171. The van der Waals surface area contributed by atoms with Crippen molar-refractivity contribution in [3.63, 3.8) is 0 Å². The molecule has 5 aromatic carbocycles. The summed E-state index contributed by atoms with van der Waals surface area (Å²) in [5.74, 6) is 0.712. The van der Waals surface area contributed by atoms with E-state index in [0.29, 0.717) is 11.8 Å². The molecule has 3 heterocycles. The second-order valence-electron chi connectivity index (χ2n) is 11.7. The van der Waals surface area contributed by atoms with Crippen molar-refractivity contribution in [2.75, 3.05) is 4.90 Å². The monoisotopic (exact) mass is 537 g/mol. The Kier molecular flexibility index (Phi) is 5.09. The quantitative estimate of drug-likeness (QED) is 0.214. The fourth-order valence-electron chi connectivity index (χ4n) is 6.97. The number of carbonyl (C=O) groups is 1. The molecule has 0 radical (unpaired) electrons. The topological polar surface area (TPSA) is 33.5 Å². The number of rotatable bonds is 3. The molecule has 5 heteroatoms. The van der Waals surface area contributed by atoms with Crippen molar-refractivity contribution in [2.24, 2.45) is 0 Å². The SMILES string of the molecule is CC(C)c1cccc(C(C)C)c1B1c2cc3oc4ccccc4c3cc2N2C(=O)Sc3cccc4ccc1c2c34. The summed E-state index contributed by atoms with van der Waals surface area (Å²) in [7, 11) is 0. The number of furan rings is 1. The van der Waals surface area contributed by atoms with Gasteiger partial charge in [-0.25, -0.2) is 0 Å². The summed E-state index contributed by atoms with van der Waals surface area (Å²) in [5.41, 5.74) is 10.1. The zero-order valence-corrected chi connectivity index (χ0v) is 23.8. The predicted octanol–water partition coefficient (Wildman–Crippen LogP) is 8.18. The number of thioether (sulfide) groups is 1. The van der Waals surface area contributed by atoms with Gasteiger partial charge in [0.25, 0.3) is 5.24 Å². The average molecular weight is 537 g/mol. The molecule has 0 bridgehead atoms. The van der Waals surface area contributed by atoms with Gasteiger partial charge in [-0.05, 0) is 75.3 Å². The Bertz CT molecular complexity index is 2010. The molecule has 0 N–H and O–H groups in total. The Hall–Kier alpha value is -3.96. The smallest absolute Gasteiger partial charge is 0.295 e. The highest BCUT2D eigenvalue weighted by Gasteiger charge is 2.43. The number of hydrogen-bond donors (Lipinski definition) is 0. The van der Waals surface area contributed by atoms with Crippen molar-refractivity contribution >= 4 is 84.2 Å². The van der Waals surface area contributed by atoms with Crippen LogP contribution in [0.1, 0.15) is 50.7 Å². The summed E-state index contributed by atoms with van der Waals surface area (Å²) in [5, 5.41) is 4.50. The molecule has 2 aliphatic rings. The maximum absolute atomic E-state index is 14.0. The van der Waals surface area contributed by atoms with Gasteiger partial charge in [0.15, 0.2) is 0 Å². The third-order valence-corrected chi connectivity index (χ3v) is 9.63. The van der Waals surface area contributed by atoms with Gasteiger partial charge in [-0.3, -0.25) is 9.69 Å². The average Bonchev–Trinajstić information content (AvgIpc) is 3.31. The molecule has 0 saturated heterocycles. The number of nitrogens with zero attached hydrogens (tertiary/aromatic N) is 1. The first-order valence-corrected chi connectivity index (χ1v) is 14.9. The van der Waals surface area contributed by atoms with Gasteiger partial charge in [0.2, 0.25) is 6.71 Å². The van der Waals surface area contributed by atoms with E-state index in [0.717, 1.165) is 43.7 Å². The molecule has 40 heavy (non-hydrogen) atoms. The Labute approximate surface area is 238 Å². The highest BCUT2D eigenvalue weighted by atomic mass is 32.2. The summed E-state index contributed by atoms with van der Waals surface area (Å²) in [4.78, 5) is 17.0. The van der Waals surface area contributed by atoms with Crippen LogP contribution in [0, 0.1) is 0 Å². The van der Waals surface area contributed by atoms with Crippen molar-refractivity contribution < 1.29 is 9.21 Å². The first kappa shape index (κ1) is 23.9. The molecule has 0 aliphatic carbocycles. The van der Waals surface area contributed by atoms with Crippen LogP contribution in [0.3, 0.4) is 0 Å². The summed E-state index contributed by atoms with van der Waals surface area (Å²) in [6, 6.07) is 30.2. The van der Waals surface area contributed by atoms with Crippen LogP contribution in [-0.4, -0.2) is 12.0 Å². The lowest BCUT2D eigenvalue weighted by atomic mass is 9.33. The van der Waals surface area contributed by atoms with Crippen LogP contribution in [-0.2, 0) is 0 Å². The zero-order valence-electron chi connectivity index (χ0n) is 23.0. The van der Waals surface area contributed by atoms with Gasteiger partial charge in [-0.2, -0.15) is 0 Å². The lowest BCUT2D eigenvalue weighted by molar-refractivity contribution is 0.267. The van der Waals surface area contributed by atoms with Crippen LogP contribution >= 0.6 is 11.8 Å². The molecule has 0 unspecified atom stereocenters. The van der Waals surface area contributed by atoms with Crippen LogP contribution < -0.4 is 21.3 Å². The van der Waals surface area contributed by atoms with Gasteiger partial charge in [-0.15, -0.1) is 0 Å². The molecule has 2 aliphatic heterocycles. The van der Waals surface area contributed by atoms with E-state index in [4.69, 9.17) is 4.42 Å². The second-order valence-corrected chi connectivity index (χ2v) is 12.7. The molecule has 1 aromatic heterocycles. The van der Waals surface area contributed by atoms with Crippen molar-refractivity contribution in [3.05, 3.63) is 96.1 Å². The van der Waals surface area contributed by atoms with E-state index in [-0.39, 0.29) is 12.0 Å². The first-order chi connectivity index (χ1) is 19.4. The molecular formula is C35H28BNO2S. The van der Waals surface area contributed by atoms with Crippen molar-refractivity contribution in [3.8, 4) is 0 Å². The highest BCUT2D eigenvalue weighted by Crippen LogP contribution is 2.47. The molecule has 0 spiro atoms. The number of carbonyl (C=O) groups excluding carboxylic acids is 1. The van der Waals surface area contributed by atoms with Crippen molar-refractivity contribution in [2.45, 2.75) is 44.4 Å². The second kappa shape index (κ2) is 8.52. The van der Waals surface area contributed by atoms with Crippen molar-refractivity contribution in [1.29, 1.82) is 0 Å². The number of hydrogen-bond acceptors (Lipinski definition) is 3. The van der Waals surface area contributed by atoms with E-state index in [1.807, 2.05) is 23.1 Å². The fourth-order valence-corrected chi connectivity index (χ4v) is 7.91. The lowest BCUT2D eigenvalue weighted by Gasteiger charge is -2.40. The summed E-state index contributed by atoms with van der Waals surface area (Å²) >= 11 is 1.33. The number of benzene rings is 5. The van der Waals surface area contributed by atoms with Gasteiger partial charge >= 0.3 is 0 Å². The molecule has 8 rings (SSSR count). The molecule has 1 amide bonds. The first-order valence-electron chi connectivity index (χ1n) is 14.1. The molecule has 3 nitrogen and oxygen atoms in total. The number of para-hydroxylation sites is 1. The zero-order chi connectivity index (χ0) is 27.3. The van der Waals surface area contributed by atoms with Crippen LogP contribution in [0.25, 0.3) is 32.7 Å². The van der Waals surface area contributed by atoms with E-state index in [9.17, 15) is 4.79 Å². The van der Waals surface area contributed by atoms with Crippen LogP contribution in [0.5, 0.6) is 0 Å². The van der Waals surface area contributed by atoms with Gasteiger partial charge < -0.3 is 4.42 Å². The van der Waals surface area contributed by atoms with Crippen LogP contribution in [0.2, 0.25) is 0 Å². The van der Waals surface area contributed by atoms with Gasteiger partial charge in [0, 0.05) is 26.7 Å². The summed E-state index contributed by atoms with van der Waals surface area (Å²) in [6.07, 6.45) is 0. The Balaban J connectivity index is 1.56. The van der Waals surface area contributed by atoms with E-state index < -0.39 is 0 Å². The molecule has 0 fully saturated rings. The molecule has 6 aromatic rings. The van der Waals surface area contributed by atoms with Gasteiger partial charge in [0.05, 0.1) is 5.69 Å². The maximum Gasteiger partial charge on any atom is 0.295 e. The Morgan fingerprint density at radius 2 is 1.50 bits per heavy atom.